The van der Waals surface area contributed by atoms with Gasteiger partial charge in [0.1, 0.15) is 0 Å². The summed E-state index contributed by atoms with van der Waals surface area (Å²) in [5, 5.41) is 9.30. The van der Waals surface area contributed by atoms with Crippen molar-refractivity contribution in [1.29, 1.82) is 0 Å². The highest BCUT2D eigenvalue weighted by molar-refractivity contribution is 7.09. The third-order valence-electron chi connectivity index (χ3n) is 1.23. The molecule has 1 rings (SSSR count). The van der Waals surface area contributed by atoms with E-state index in [1.54, 1.807) is 12.4 Å². The number of rotatable bonds is 3. The fourth-order valence-corrected chi connectivity index (χ4v) is 1.29. The van der Waals surface area contributed by atoms with Gasteiger partial charge in [-0.05, 0) is 6.92 Å². The quantitative estimate of drug-likeness (QED) is 0.709. The van der Waals surface area contributed by atoms with Gasteiger partial charge < -0.3 is 9.84 Å². The molecule has 0 saturated carbocycles. The number of aliphatic hydroxyl groups is 1. The first kappa shape index (κ1) is 9.15. The van der Waals surface area contributed by atoms with Crippen molar-refractivity contribution in [2.45, 2.75) is 13.0 Å². The number of carbonyl (C=O) groups excluding carboxylic acids is 1. The standard InChI is InChI=1S/C7H9NO3S/c1-2-11-7(10)6(9)5-3-8-4-12-5/h3-4,6,9H,2H2,1H3. The maximum atomic E-state index is 10.9. The molecule has 1 N–H and O–H groups in total. The second-order valence-electron chi connectivity index (χ2n) is 2.06. The Morgan fingerprint density at radius 2 is 2.67 bits per heavy atom. The molecule has 1 atom stereocenters. The van der Waals surface area contributed by atoms with E-state index in [1.165, 1.54) is 17.5 Å². The average molecular weight is 187 g/mol. The van der Waals surface area contributed by atoms with Gasteiger partial charge in [0.15, 0.2) is 6.10 Å². The van der Waals surface area contributed by atoms with Crippen LogP contribution in [0.15, 0.2) is 11.7 Å². The molecule has 4 nitrogen and oxygen atoms in total. The van der Waals surface area contributed by atoms with Gasteiger partial charge in [-0.1, -0.05) is 0 Å². The highest BCUT2D eigenvalue weighted by Crippen LogP contribution is 2.17. The Morgan fingerprint density at radius 3 is 3.17 bits per heavy atom. The third kappa shape index (κ3) is 2.02. The number of carbonyl (C=O) groups is 1. The van der Waals surface area contributed by atoms with Crippen LogP contribution in [0.2, 0.25) is 0 Å². The van der Waals surface area contributed by atoms with E-state index in [0.29, 0.717) is 4.88 Å². The molecule has 12 heavy (non-hydrogen) atoms. The first-order valence-corrected chi connectivity index (χ1v) is 4.36. The van der Waals surface area contributed by atoms with E-state index in [4.69, 9.17) is 0 Å². The van der Waals surface area contributed by atoms with Crippen LogP contribution in [0.5, 0.6) is 0 Å². The fourth-order valence-electron chi connectivity index (χ4n) is 0.698. The van der Waals surface area contributed by atoms with E-state index in [1.807, 2.05) is 0 Å². The molecule has 0 aliphatic carbocycles. The fraction of sp³-hybridized carbons (Fsp3) is 0.429. The number of aromatic nitrogens is 1. The van der Waals surface area contributed by atoms with Gasteiger partial charge >= 0.3 is 5.97 Å². The monoisotopic (exact) mass is 187 g/mol. The van der Waals surface area contributed by atoms with Gasteiger partial charge in [-0.25, -0.2) is 4.79 Å². The van der Waals surface area contributed by atoms with Gasteiger partial charge in [0.25, 0.3) is 0 Å². The molecule has 0 spiro atoms. The number of nitrogens with zero attached hydrogens (tertiary/aromatic N) is 1. The van der Waals surface area contributed by atoms with Crippen LogP contribution >= 0.6 is 11.3 Å². The zero-order valence-electron chi connectivity index (χ0n) is 6.56. The number of aliphatic hydroxyl groups excluding tert-OH is 1. The number of hydrogen-bond acceptors (Lipinski definition) is 5. The van der Waals surface area contributed by atoms with E-state index in [-0.39, 0.29) is 6.61 Å². The molecule has 0 aliphatic heterocycles. The Hall–Kier alpha value is -0.940. The van der Waals surface area contributed by atoms with Gasteiger partial charge in [0, 0.05) is 6.20 Å². The minimum atomic E-state index is -1.18. The molecule has 1 aromatic heterocycles. The lowest BCUT2D eigenvalue weighted by molar-refractivity contribution is -0.153. The summed E-state index contributed by atoms with van der Waals surface area (Å²) in [6, 6.07) is 0. The number of thiazole rings is 1. The predicted octanol–water partition coefficient (Wildman–Crippen LogP) is 0.740. The van der Waals surface area contributed by atoms with Gasteiger partial charge in [-0.15, -0.1) is 11.3 Å². The molecular weight excluding hydrogens is 178 g/mol. The molecular formula is C7H9NO3S. The first-order valence-electron chi connectivity index (χ1n) is 3.48. The molecule has 0 radical (unpaired) electrons. The van der Waals surface area contributed by atoms with Gasteiger partial charge in [0.05, 0.1) is 17.0 Å². The third-order valence-corrected chi connectivity index (χ3v) is 2.06. The van der Waals surface area contributed by atoms with Crippen LogP contribution < -0.4 is 0 Å². The zero-order chi connectivity index (χ0) is 8.97. The van der Waals surface area contributed by atoms with Crippen molar-refractivity contribution in [3.05, 3.63) is 16.6 Å². The number of esters is 1. The Balaban J connectivity index is 2.59. The SMILES string of the molecule is CCOC(=O)C(O)c1cncs1. The van der Waals surface area contributed by atoms with Crippen LogP contribution in [0.3, 0.4) is 0 Å². The van der Waals surface area contributed by atoms with E-state index in [2.05, 4.69) is 9.72 Å². The maximum Gasteiger partial charge on any atom is 0.340 e. The van der Waals surface area contributed by atoms with E-state index < -0.39 is 12.1 Å². The van der Waals surface area contributed by atoms with E-state index >= 15 is 0 Å². The van der Waals surface area contributed by atoms with Crippen LogP contribution in [0.1, 0.15) is 17.9 Å². The lowest BCUT2D eigenvalue weighted by Crippen LogP contribution is -2.14. The van der Waals surface area contributed by atoms with Crippen LogP contribution in [0.4, 0.5) is 0 Å². The van der Waals surface area contributed by atoms with E-state index in [9.17, 15) is 9.90 Å². The second-order valence-corrected chi connectivity index (χ2v) is 2.98. The molecule has 0 bridgehead atoms. The van der Waals surface area contributed by atoms with Crippen molar-refractivity contribution in [2.24, 2.45) is 0 Å². The molecule has 0 fully saturated rings. The van der Waals surface area contributed by atoms with Crippen LogP contribution in [-0.2, 0) is 9.53 Å². The van der Waals surface area contributed by atoms with Crippen LogP contribution in [0.25, 0.3) is 0 Å². The van der Waals surface area contributed by atoms with Crippen molar-refractivity contribution in [3.8, 4) is 0 Å². The highest BCUT2D eigenvalue weighted by Gasteiger charge is 2.19. The summed E-state index contributed by atoms with van der Waals surface area (Å²) in [6.45, 7) is 1.96. The van der Waals surface area contributed by atoms with Gasteiger partial charge in [-0.2, -0.15) is 0 Å². The smallest absolute Gasteiger partial charge is 0.340 e. The lowest BCUT2D eigenvalue weighted by atomic mass is 10.3. The molecule has 0 saturated heterocycles. The van der Waals surface area contributed by atoms with E-state index in [0.717, 1.165) is 0 Å². The first-order chi connectivity index (χ1) is 5.75. The van der Waals surface area contributed by atoms with Crippen LogP contribution in [-0.4, -0.2) is 22.7 Å². The normalized spacial score (nSPS) is 12.5. The van der Waals surface area contributed by atoms with Crippen LogP contribution in [0, 0.1) is 0 Å². The molecule has 5 heteroatoms. The average Bonchev–Trinajstić information content (AvgIpc) is 2.55. The Morgan fingerprint density at radius 1 is 1.92 bits per heavy atom. The van der Waals surface area contributed by atoms with Crippen molar-refractivity contribution >= 4 is 17.3 Å². The highest BCUT2D eigenvalue weighted by atomic mass is 32.1. The molecule has 0 aliphatic rings. The number of ether oxygens (including phenoxy) is 1. The topological polar surface area (TPSA) is 59.4 Å². The molecule has 66 valence electrons. The van der Waals surface area contributed by atoms with Crippen molar-refractivity contribution in [1.82, 2.24) is 4.98 Å². The van der Waals surface area contributed by atoms with Gasteiger partial charge in [0.2, 0.25) is 0 Å². The summed E-state index contributed by atoms with van der Waals surface area (Å²) in [4.78, 5) is 15.2. The Bertz CT molecular complexity index is 247. The second kappa shape index (κ2) is 4.18. The maximum absolute atomic E-state index is 10.9. The summed E-state index contributed by atoms with van der Waals surface area (Å²) < 4.78 is 4.62. The van der Waals surface area contributed by atoms with Crippen molar-refractivity contribution in [3.63, 3.8) is 0 Å². The molecule has 1 unspecified atom stereocenters. The summed E-state index contributed by atoms with van der Waals surface area (Å²) >= 11 is 1.22. The number of hydrogen-bond donors (Lipinski definition) is 1. The Kier molecular flexibility index (Phi) is 3.19. The summed E-state index contributed by atoms with van der Waals surface area (Å²) in [6.07, 6.45) is 0.268. The predicted molar refractivity (Wildman–Crippen MR) is 43.7 cm³/mol. The molecule has 1 heterocycles. The van der Waals surface area contributed by atoms with Gasteiger partial charge in [-0.3, -0.25) is 4.98 Å². The van der Waals surface area contributed by atoms with Crippen molar-refractivity contribution in [2.75, 3.05) is 6.61 Å². The molecule has 0 amide bonds. The minimum Gasteiger partial charge on any atom is -0.464 e. The summed E-state index contributed by atoms with van der Waals surface area (Å²) in [7, 11) is 0. The lowest BCUT2D eigenvalue weighted by Gasteiger charge is -2.05. The minimum absolute atomic E-state index is 0.273. The Labute approximate surface area is 73.8 Å². The summed E-state index contributed by atoms with van der Waals surface area (Å²) in [5.41, 5.74) is 1.55. The zero-order valence-corrected chi connectivity index (χ0v) is 7.37. The summed E-state index contributed by atoms with van der Waals surface area (Å²) in [5.74, 6) is -0.623. The molecule has 1 aromatic rings. The van der Waals surface area contributed by atoms with Crippen molar-refractivity contribution < 1.29 is 14.6 Å². The largest absolute Gasteiger partial charge is 0.464 e. The molecule has 0 aromatic carbocycles.